The molecule has 1 aliphatic rings. The maximum absolute atomic E-state index is 4.60. The van der Waals surface area contributed by atoms with E-state index in [2.05, 4.69) is 33.7 Å². The van der Waals surface area contributed by atoms with E-state index in [-0.39, 0.29) is 0 Å². The maximum atomic E-state index is 4.60. The number of aromatic nitrogens is 2. The molecular weight excluding hydrogens is 262 g/mol. The van der Waals surface area contributed by atoms with Gasteiger partial charge in [0.05, 0.1) is 12.7 Å². The zero-order valence-corrected chi connectivity index (χ0v) is 13.2. The second-order valence-electron chi connectivity index (χ2n) is 5.50. The zero-order valence-electron chi connectivity index (χ0n) is 13.2. The fourth-order valence-corrected chi connectivity index (χ4v) is 2.54. The number of allylic oxidation sites excluding steroid dienone is 1. The predicted molar refractivity (Wildman–Crippen MR) is 87.2 cm³/mol. The lowest BCUT2D eigenvalue weighted by atomic mass is 9.97. The highest BCUT2D eigenvalue weighted by Gasteiger charge is 2.04. The first kappa shape index (κ1) is 15.6. The fraction of sp³-hybridized carbons (Fsp3) is 0.625. The van der Waals surface area contributed by atoms with Crippen LogP contribution >= 0.6 is 0 Å². The van der Waals surface area contributed by atoms with Gasteiger partial charge in [0.2, 0.25) is 0 Å². The van der Waals surface area contributed by atoms with E-state index in [1.54, 1.807) is 10.3 Å². The molecule has 0 unspecified atom stereocenters. The van der Waals surface area contributed by atoms with Crippen LogP contribution in [0.5, 0.6) is 0 Å². The third kappa shape index (κ3) is 5.61. The van der Waals surface area contributed by atoms with Gasteiger partial charge in [0.15, 0.2) is 5.96 Å². The van der Waals surface area contributed by atoms with Crippen LogP contribution in [0.25, 0.3) is 0 Å². The first-order chi connectivity index (χ1) is 10.3. The molecule has 0 bridgehead atoms. The van der Waals surface area contributed by atoms with Crippen molar-refractivity contribution in [2.75, 3.05) is 13.1 Å². The van der Waals surface area contributed by atoms with E-state index in [0.717, 1.165) is 31.0 Å². The molecule has 1 aromatic rings. The van der Waals surface area contributed by atoms with Gasteiger partial charge in [-0.05, 0) is 39.0 Å². The van der Waals surface area contributed by atoms with Gasteiger partial charge in [0.1, 0.15) is 0 Å². The Kier molecular flexibility index (Phi) is 6.31. The Hall–Kier alpha value is -1.78. The molecule has 0 amide bonds. The Morgan fingerprint density at radius 1 is 1.38 bits per heavy atom. The van der Waals surface area contributed by atoms with Gasteiger partial charge >= 0.3 is 0 Å². The summed E-state index contributed by atoms with van der Waals surface area (Å²) < 4.78 is 1.81. The Morgan fingerprint density at radius 2 is 2.29 bits per heavy atom. The van der Waals surface area contributed by atoms with E-state index in [4.69, 9.17) is 0 Å². The summed E-state index contributed by atoms with van der Waals surface area (Å²) in [5.74, 6) is 0.887. The minimum Gasteiger partial charge on any atom is -0.357 e. The Balaban J connectivity index is 1.79. The Labute approximate surface area is 127 Å². The van der Waals surface area contributed by atoms with Gasteiger partial charge in [-0.25, -0.2) is 4.99 Å². The lowest BCUT2D eigenvalue weighted by Crippen LogP contribution is -2.37. The van der Waals surface area contributed by atoms with Gasteiger partial charge in [-0.2, -0.15) is 5.10 Å². The lowest BCUT2D eigenvalue weighted by molar-refractivity contribution is 0.665. The molecule has 0 saturated heterocycles. The molecule has 0 saturated carbocycles. The van der Waals surface area contributed by atoms with Crippen LogP contribution in [-0.2, 0) is 13.6 Å². The van der Waals surface area contributed by atoms with Crippen LogP contribution in [-0.4, -0.2) is 28.8 Å². The molecule has 5 heteroatoms. The van der Waals surface area contributed by atoms with Crippen molar-refractivity contribution >= 4 is 5.96 Å². The number of guanidine groups is 1. The highest BCUT2D eigenvalue weighted by atomic mass is 15.2. The third-order valence-corrected chi connectivity index (χ3v) is 3.65. The molecule has 21 heavy (non-hydrogen) atoms. The number of nitrogens with one attached hydrogen (secondary N) is 2. The van der Waals surface area contributed by atoms with Crippen molar-refractivity contribution in [2.45, 2.75) is 45.6 Å². The van der Waals surface area contributed by atoms with Crippen molar-refractivity contribution in [3.8, 4) is 0 Å². The summed E-state index contributed by atoms with van der Waals surface area (Å²) in [5, 5.41) is 10.9. The molecule has 0 fully saturated rings. The van der Waals surface area contributed by atoms with Crippen LogP contribution in [0.2, 0.25) is 0 Å². The minimum absolute atomic E-state index is 0.659. The molecule has 2 rings (SSSR count). The van der Waals surface area contributed by atoms with E-state index in [0.29, 0.717) is 6.54 Å². The molecule has 116 valence electrons. The topological polar surface area (TPSA) is 54.2 Å². The van der Waals surface area contributed by atoms with Crippen molar-refractivity contribution < 1.29 is 0 Å². The summed E-state index contributed by atoms with van der Waals surface area (Å²) in [7, 11) is 1.93. The van der Waals surface area contributed by atoms with Gasteiger partial charge in [0.25, 0.3) is 0 Å². The summed E-state index contributed by atoms with van der Waals surface area (Å²) in [5.41, 5.74) is 2.72. The molecule has 1 heterocycles. The summed E-state index contributed by atoms with van der Waals surface area (Å²) >= 11 is 0. The molecule has 5 nitrogen and oxygen atoms in total. The van der Waals surface area contributed by atoms with Crippen LogP contribution < -0.4 is 10.6 Å². The Bertz CT molecular complexity index is 487. The zero-order chi connectivity index (χ0) is 14.9. The van der Waals surface area contributed by atoms with Crippen LogP contribution in [0.1, 0.15) is 44.6 Å². The van der Waals surface area contributed by atoms with Gasteiger partial charge in [-0.1, -0.05) is 11.6 Å². The molecule has 0 aliphatic heterocycles. The van der Waals surface area contributed by atoms with E-state index >= 15 is 0 Å². The number of hydrogen-bond acceptors (Lipinski definition) is 2. The molecule has 0 atom stereocenters. The number of nitrogens with zero attached hydrogens (tertiary/aromatic N) is 3. The monoisotopic (exact) mass is 289 g/mol. The van der Waals surface area contributed by atoms with Crippen LogP contribution in [0.4, 0.5) is 0 Å². The SMILES string of the molecule is CCNC(=NCc1cnn(C)c1)NCCC1=CCCCC1. The van der Waals surface area contributed by atoms with Gasteiger partial charge in [0, 0.05) is 31.9 Å². The quantitative estimate of drug-likeness (QED) is 0.480. The number of rotatable bonds is 6. The maximum Gasteiger partial charge on any atom is 0.191 e. The van der Waals surface area contributed by atoms with Gasteiger partial charge in [-0.15, -0.1) is 0 Å². The highest BCUT2D eigenvalue weighted by Crippen LogP contribution is 2.19. The van der Waals surface area contributed by atoms with Gasteiger partial charge in [-0.3, -0.25) is 4.68 Å². The second-order valence-corrected chi connectivity index (χ2v) is 5.50. The van der Waals surface area contributed by atoms with E-state index in [1.165, 1.54) is 25.7 Å². The molecular formula is C16H27N5. The third-order valence-electron chi connectivity index (χ3n) is 3.65. The van der Waals surface area contributed by atoms with Crippen LogP contribution in [0.15, 0.2) is 29.0 Å². The summed E-state index contributed by atoms with van der Waals surface area (Å²) in [4.78, 5) is 4.60. The second kappa shape index (κ2) is 8.49. The average Bonchev–Trinajstić information content (AvgIpc) is 2.91. The minimum atomic E-state index is 0.659. The standard InChI is InChI=1S/C16H27N5/c1-3-17-16(19-11-15-12-20-21(2)13-15)18-10-9-14-7-5-4-6-8-14/h7,12-13H,3-6,8-11H2,1-2H3,(H2,17,18,19). The predicted octanol–water partition coefficient (Wildman–Crippen LogP) is 2.37. The van der Waals surface area contributed by atoms with E-state index in [9.17, 15) is 0 Å². The molecule has 0 spiro atoms. The normalized spacial score (nSPS) is 15.7. The van der Waals surface area contributed by atoms with Crippen LogP contribution in [0.3, 0.4) is 0 Å². The molecule has 0 radical (unpaired) electrons. The van der Waals surface area contributed by atoms with Crippen molar-refractivity contribution in [2.24, 2.45) is 12.0 Å². The van der Waals surface area contributed by atoms with Crippen molar-refractivity contribution in [1.82, 2.24) is 20.4 Å². The lowest BCUT2D eigenvalue weighted by Gasteiger charge is -2.15. The molecule has 2 N–H and O–H groups in total. The Morgan fingerprint density at radius 3 is 2.95 bits per heavy atom. The van der Waals surface area contributed by atoms with Crippen molar-refractivity contribution in [1.29, 1.82) is 0 Å². The van der Waals surface area contributed by atoms with E-state index < -0.39 is 0 Å². The summed E-state index contributed by atoms with van der Waals surface area (Å²) in [6, 6.07) is 0. The highest BCUT2D eigenvalue weighted by molar-refractivity contribution is 5.79. The largest absolute Gasteiger partial charge is 0.357 e. The molecule has 1 aliphatic carbocycles. The number of hydrogen-bond donors (Lipinski definition) is 2. The first-order valence-corrected chi connectivity index (χ1v) is 7.95. The van der Waals surface area contributed by atoms with Crippen LogP contribution in [0, 0.1) is 0 Å². The molecule has 1 aromatic heterocycles. The number of aliphatic imine (C=N–C) groups is 1. The average molecular weight is 289 g/mol. The van der Waals surface area contributed by atoms with Gasteiger partial charge < -0.3 is 10.6 Å². The smallest absolute Gasteiger partial charge is 0.191 e. The van der Waals surface area contributed by atoms with E-state index in [1.807, 2.05) is 19.4 Å². The fourth-order valence-electron chi connectivity index (χ4n) is 2.54. The van der Waals surface area contributed by atoms with Crippen molar-refractivity contribution in [3.63, 3.8) is 0 Å². The number of aryl methyl sites for hydroxylation is 1. The summed E-state index contributed by atoms with van der Waals surface area (Å²) in [6.07, 6.45) is 12.6. The summed E-state index contributed by atoms with van der Waals surface area (Å²) in [6.45, 7) is 4.57. The van der Waals surface area contributed by atoms with Crippen molar-refractivity contribution in [3.05, 3.63) is 29.6 Å². The first-order valence-electron chi connectivity index (χ1n) is 7.95. The molecule has 0 aromatic carbocycles.